The first-order valence-electron chi connectivity index (χ1n) is 8.76. The minimum absolute atomic E-state index is 0.130. The molecule has 0 saturated carbocycles. The van der Waals surface area contributed by atoms with Crippen molar-refractivity contribution in [3.05, 3.63) is 65.2 Å². The third kappa shape index (κ3) is 5.67. The van der Waals surface area contributed by atoms with E-state index in [1.165, 1.54) is 0 Å². The van der Waals surface area contributed by atoms with E-state index < -0.39 is 20.9 Å². The van der Waals surface area contributed by atoms with Crippen LogP contribution in [0, 0.1) is 13.8 Å². The maximum atomic E-state index is 12.8. The SMILES string of the molecule is CCOC(=O)[C@H](CC(=O)c1ccccc1)NSS(=O)(=O)c1c(C)cccc1C. The number of aryl methyl sites for hydroxylation is 2. The molecule has 1 atom stereocenters. The molecular formula is C20H23NO5S2. The van der Waals surface area contributed by atoms with Crippen LogP contribution in [0.4, 0.5) is 0 Å². The van der Waals surface area contributed by atoms with E-state index in [0.29, 0.717) is 27.7 Å². The van der Waals surface area contributed by atoms with Crippen LogP contribution in [0.15, 0.2) is 53.4 Å². The molecule has 2 aromatic rings. The van der Waals surface area contributed by atoms with E-state index in [9.17, 15) is 18.0 Å². The Labute approximate surface area is 169 Å². The Morgan fingerprint density at radius 2 is 1.64 bits per heavy atom. The van der Waals surface area contributed by atoms with Crippen molar-refractivity contribution in [3.8, 4) is 0 Å². The molecule has 1 N–H and O–H groups in total. The Balaban J connectivity index is 2.19. The molecule has 0 radical (unpaired) electrons. The van der Waals surface area contributed by atoms with Crippen molar-refractivity contribution in [2.75, 3.05) is 6.61 Å². The monoisotopic (exact) mass is 421 g/mol. The molecule has 0 aliphatic carbocycles. The molecular weight excluding hydrogens is 398 g/mol. The van der Waals surface area contributed by atoms with E-state index >= 15 is 0 Å². The largest absolute Gasteiger partial charge is 0.465 e. The summed E-state index contributed by atoms with van der Waals surface area (Å²) in [6.07, 6.45) is -0.210. The molecule has 28 heavy (non-hydrogen) atoms. The van der Waals surface area contributed by atoms with Gasteiger partial charge in [0.2, 0.25) is 8.87 Å². The van der Waals surface area contributed by atoms with Crippen molar-refractivity contribution in [2.24, 2.45) is 0 Å². The van der Waals surface area contributed by atoms with Gasteiger partial charge in [0, 0.05) is 12.0 Å². The zero-order chi connectivity index (χ0) is 20.7. The van der Waals surface area contributed by atoms with Crippen LogP contribution in [0.1, 0.15) is 34.8 Å². The molecule has 0 amide bonds. The van der Waals surface area contributed by atoms with E-state index in [4.69, 9.17) is 4.74 Å². The van der Waals surface area contributed by atoms with E-state index in [1.807, 2.05) is 0 Å². The van der Waals surface area contributed by atoms with Gasteiger partial charge >= 0.3 is 5.97 Å². The molecule has 0 unspecified atom stereocenters. The fraction of sp³-hybridized carbons (Fsp3) is 0.300. The molecule has 0 aliphatic heterocycles. The lowest BCUT2D eigenvalue weighted by atomic mass is 10.0. The summed E-state index contributed by atoms with van der Waals surface area (Å²) in [5.74, 6) is -0.952. The molecule has 6 nitrogen and oxygen atoms in total. The normalized spacial score (nSPS) is 12.4. The summed E-state index contributed by atoms with van der Waals surface area (Å²) in [7, 11) is -3.35. The molecule has 2 aromatic carbocycles. The molecule has 0 aromatic heterocycles. The van der Waals surface area contributed by atoms with Gasteiger partial charge < -0.3 is 4.74 Å². The van der Waals surface area contributed by atoms with Gasteiger partial charge in [-0.3, -0.25) is 9.59 Å². The van der Waals surface area contributed by atoms with Crippen LogP contribution in [0.2, 0.25) is 0 Å². The highest BCUT2D eigenvalue weighted by molar-refractivity contribution is 8.71. The van der Waals surface area contributed by atoms with Crippen LogP contribution in [-0.2, 0) is 18.4 Å². The van der Waals surface area contributed by atoms with E-state index in [-0.39, 0.29) is 23.7 Å². The Morgan fingerprint density at radius 1 is 1.04 bits per heavy atom. The van der Waals surface area contributed by atoms with Crippen molar-refractivity contribution in [1.29, 1.82) is 0 Å². The van der Waals surface area contributed by atoms with Crippen molar-refractivity contribution in [2.45, 2.75) is 38.1 Å². The summed E-state index contributed by atoms with van der Waals surface area (Å²) in [5.41, 5.74) is 1.67. The first-order chi connectivity index (χ1) is 13.3. The molecule has 0 fully saturated rings. The van der Waals surface area contributed by atoms with Crippen LogP contribution in [0.25, 0.3) is 0 Å². The third-order valence-electron chi connectivity index (χ3n) is 4.02. The predicted molar refractivity (Wildman–Crippen MR) is 110 cm³/mol. The Bertz CT molecular complexity index is 922. The second-order valence-corrected chi connectivity index (χ2v) is 9.71. The minimum atomic E-state index is -3.78. The number of hydrogen-bond donors (Lipinski definition) is 1. The van der Waals surface area contributed by atoms with Crippen LogP contribution in [-0.4, -0.2) is 32.8 Å². The minimum Gasteiger partial charge on any atom is -0.465 e. The van der Waals surface area contributed by atoms with Crippen LogP contribution >= 0.6 is 11.0 Å². The third-order valence-corrected chi connectivity index (χ3v) is 7.21. The van der Waals surface area contributed by atoms with Gasteiger partial charge in [-0.2, -0.15) is 0 Å². The van der Waals surface area contributed by atoms with Gasteiger partial charge in [-0.25, -0.2) is 13.1 Å². The highest BCUT2D eigenvalue weighted by Gasteiger charge is 2.28. The number of ether oxygens (including phenoxy) is 1. The summed E-state index contributed by atoms with van der Waals surface area (Å²) in [4.78, 5) is 24.9. The van der Waals surface area contributed by atoms with Gasteiger partial charge in [-0.1, -0.05) is 48.5 Å². The van der Waals surface area contributed by atoms with Crippen molar-refractivity contribution in [1.82, 2.24) is 4.72 Å². The van der Waals surface area contributed by atoms with E-state index in [1.54, 1.807) is 69.3 Å². The van der Waals surface area contributed by atoms with Gasteiger partial charge in [0.15, 0.2) is 5.78 Å². The smallest absolute Gasteiger partial charge is 0.324 e. The quantitative estimate of drug-likeness (QED) is 0.287. The van der Waals surface area contributed by atoms with Gasteiger partial charge in [-0.05, 0) is 31.9 Å². The molecule has 0 heterocycles. The second-order valence-electron chi connectivity index (χ2n) is 6.17. The second kappa shape index (κ2) is 9.86. The summed E-state index contributed by atoms with van der Waals surface area (Å²) in [5, 5.41) is 0. The van der Waals surface area contributed by atoms with Gasteiger partial charge in [-0.15, -0.1) is 0 Å². The zero-order valence-electron chi connectivity index (χ0n) is 16.0. The summed E-state index contributed by atoms with van der Waals surface area (Å²) >= 11 is 0. The van der Waals surface area contributed by atoms with E-state index in [2.05, 4.69) is 4.72 Å². The molecule has 0 bridgehead atoms. The van der Waals surface area contributed by atoms with Crippen molar-refractivity contribution in [3.63, 3.8) is 0 Å². The maximum Gasteiger partial charge on any atom is 0.324 e. The van der Waals surface area contributed by atoms with Crippen LogP contribution in [0.3, 0.4) is 0 Å². The average molecular weight is 422 g/mol. The Kier molecular flexibility index (Phi) is 7.79. The molecule has 0 saturated heterocycles. The van der Waals surface area contributed by atoms with Crippen molar-refractivity contribution >= 4 is 31.6 Å². The first kappa shape index (κ1) is 22.1. The topological polar surface area (TPSA) is 89.5 Å². The number of esters is 1. The molecule has 0 spiro atoms. The van der Waals surface area contributed by atoms with Gasteiger partial charge in [0.25, 0.3) is 0 Å². The first-order valence-corrected chi connectivity index (χ1v) is 11.6. The Morgan fingerprint density at radius 3 is 2.21 bits per heavy atom. The fourth-order valence-corrected chi connectivity index (χ4v) is 5.90. The highest BCUT2D eigenvalue weighted by Crippen LogP contribution is 2.28. The van der Waals surface area contributed by atoms with E-state index in [0.717, 1.165) is 0 Å². The number of carbonyl (C=O) groups is 2. The fourth-order valence-electron chi connectivity index (χ4n) is 2.70. The highest BCUT2D eigenvalue weighted by atomic mass is 33.1. The predicted octanol–water partition coefficient (Wildman–Crippen LogP) is 3.43. The van der Waals surface area contributed by atoms with Crippen molar-refractivity contribution < 1.29 is 22.7 Å². The number of rotatable bonds is 9. The number of nitrogens with one attached hydrogen (secondary N) is 1. The summed E-state index contributed by atoms with van der Waals surface area (Å²) in [6, 6.07) is 12.6. The molecule has 150 valence electrons. The van der Waals surface area contributed by atoms with Crippen LogP contribution < -0.4 is 4.72 Å². The number of ketones is 1. The molecule has 0 aliphatic rings. The number of benzene rings is 2. The zero-order valence-corrected chi connectivity index (χ0v) is 17.6. The lowest BCUT2D eigenvalue weighted by molar-refractivity contribution is -0.145. The van der Waals surface area contributed by atoms with Gasteiger partial charge in [0.05, 0.1) is 22.5 Å². The number of carbonyl (C=O) groups excluding carboxylic acids is 2. The Hall–Kier alpha value is -2.16. The van der Waals surface area contributed by atoms with Crippen LogP contribution in [0.5, 0.6) is 0 Å². The number of hydrogen-bond acceptors (Lipinski definition) is 7. The molecule has 2 rings (SSSR count). The molecule has 8 heteroatoms. The summed E-state index contributed by atoms with van der Waals surface area (Å²) < 4.78 is 33.2. The standard InChI is InChI=1S/C20H23NO5S2/c1-4-26-20(23)17(13-18(22)16-11-6-5-7-12-16)21-27-28(24,25)19-14(2)9-8-10-15(19)3/h5-12,17,21H,4,13H2,1-3H3/t17-/m0/s1. The summed E-state index contributed by atoms with van der Waals surface area (Å²) in [6.45, 7) is 5.20. The van der Waals surface area contributed by atoms with Gasteiger partial charge in [0.1, 0.15) is 6.04 Å². The maximum absolute atomic E-state index is 12.8. The number of Topliss-reactive ketones (excluding diaryl/α,β-unsaturated/α-hetero) is 1. The average Bonchev–Trinajstić information content (AvgIpc) is 2.65. The lowest BCUT2D eigenvalue weighted by Crippen LogP contribution is -2.37. The lowest BCUT2D eigenvalue weighted by Gasteiger charge is -2.17.